The third kappa shape index (κ3) is 41.3. The Morgan fingerprint density at radius 1 is 0.487 bits per heavy atom. The highest BCUT2D eigenvalue weighted by molar-refractivity contribution is 7.80. The summed E-state index contributed by atoms with van der Waals surface area (Å²) in [5.74, 6) is -6.71. The van der Waals surface area contributed by atoms with Gasteiger partial charge in [0, 0.05) is 81.3 Å². The second kappa shape index (κ2) is 48.5. The highest BCUT2D eigenvalue weighted by atomic mass is 32.1. The average Bonchev–Trinajstić information content (AvgIpc) is 3.36. The Labute approximate surface area is 460 Å². The van der Waals surface area contributed by atoms with E-state index < -0.39 is 90.2 Å². The van der Waals surface area contributed by atoms with Gasteiger partial charge in [0.05, 0.1) is 18.3 Å². The van der Waals surface area contributed by atoms with Crippen molar-refractivity contribution in [2.75, 3.05) is 30.3 Å². The Bertz CT molecular complexity index is 1740. The molecule has 0 aromatic rings. The monoisotopic (exact) mass is 1140 g/mol. The Balaban J connectivity index is -0.00000105. The summed E-state index contributed by atoms with van der Waals surface area (Å²) in [4.78, 5) is 137. The lowest BCUT2D eigenvalue weighted by molar-refractivity contribution is -0.143. The number of hydrogen-bond donors (Lipinski definition) is 14. The molecule has 9 atom stereocenters. The first-order valence-electron chi connectivity index (χ1n) is 24.9. The van der Waals surface area contributed by atoms with Gasteiger partial charge >= 0.3 is 17.9 Å². The Kier molecular flexibility index (Phi) is 48.0. The summed E-state index contributed by atoms with van der Waals surface area (Å²) in [6.07, 6.45) is 3.60. The average molecular weight is 1150 g/mol. The number of hydrogen-bond acceptors (Lipinski definition) is 23. The number of nitrogens with two attached hydrogens (primary N) is 5. The first kappa shape index (κ1) is 75.3. The molecule has 0 saturated heterocycles. The molecule has 0 fully saturated rings. The van der Waals surface area contributed by atoms with E-state index in [4.69, 9.17) is 38.9 Å². The van der Waals surface area contributed by atoms with Crippen LogP contribution in [0.2, 0.25) is 0 Å². The summed E-state index contributed by atoms with van der Waals surface area (Å²) in [7, 11) is 0. The lowest BCUT2D eigenvalue weighted by Gasteiger charge is -2.21. The van der Waals surface area contributed by atoms with Crippen molar-refractivity contribution in [3.05, 3.63) is 0 Å². The smallest absolute Gasteiger partial charge is 0.326 e. The fraction of sp³-hybridized carbons (Fsp3) is 0.745. The molecule has 0 aromatic carbocycles. The van der Waals surface area contributed by atoms with E-state index in [2.05, 4.69) is 68.0 Å². The van der Waals surface area contributed by atoms with Crippen LogP contribution in [-0.4, -0.2) is 155 Å². The van der Waals surface area contributed by atoms with E-state index in [0.717, 1.165) is 19.3 Å². The van der Waals surface area contributed by atoms with Crippen molar-refractivity contribution < 1.29 is 87.1 Å². The number of rotatable bonds is 46. The van der Waals surface area contributed by atoms with Gasteiger partial charge in [0.2, 0.25) is 17.7 Å². The first-order chi connectivity index (χ1) is 36.0. The molecule has 29 heteroatoms. The predicted molar refractivity (Wildman–Crippen MR) is 287 cm³/mol. The number of carboxylic acids is 3. The van der Waals surface area contributed by atoms with Crippen molar-refractivity contribution in [1.29, 1.82) is 0 Å². The first-order valence-corrected chi connectivity index (χ1v) is 26.8. The van der Waals surface area contributed by atoms with Gasteiger partial charge in [-0.2, -0.15) is 37.9 Å². The summed E-state index contributed by atoms with van der Waals surface area (Å²) < 4.78 is 13.5. The van der Waals surface area contributed by atoms with E-state index in [1.165, 1.54) is 0 Å². The quantitative estimate of drug-likeness (QED) is 0.0127. The van der Waals surface area contributed by atoms with Gasteiger partial charge in [-0.05, 0) is 57.4 Å². The van der Waals surface area contributed by atoms with Crippen molar-refractivity contribution in [2.45, 2.75) is 172 Å². The molecule has 76 heavy (non-hydrogen) atoms. The lowest BCUT2D eigenvalue weighted by Crippen LogP contribution is -2.44. The summed E-state index contributed by atoms with van der Waals surface area (Å²) >= 11 is 12.3. The van der Waals surface area contributed by atoms with Gasteiger partial charge in [-0.25, -0.2) is 9.59 Å². The van der Waals surface area contributed by atoms with Crippen LogP contribution in [0.5, 0.6) is 0 Å². The molecule has 26 nitrogen and oxygen atoms in total. The summed E-state index contributed by atoms with van der Waals surface area (Å²) in [6.45, 7) is 3.46. The van der Waals surface area contributed by atoms with Crippen LogP contribution in [0.4, 0.5) is 0 Å². The molecule has 0 aliphatic rings. The number of thiol groups is 3. The molecule has 0 spiro atoms. The number of carbonyl (C=O) groups excluding carboxylic acids is 9. The van der Waals surface area contributed by atoms with Gasteiger partial charge in [0.1, 0.15) is 29.4 Å². The molecule has 0 heterocycles. The van der Waals surface area contributed by atoms with Crippen LogP contribution in [-0.2, 0) is 71.7 Å². The minimum absolute atomic E-state index is 0.0263. The minimum atomic E-state index is -1.15. The molecular weight excluding hydrogens is 1060 g/mol. The second-order valence-electron chi connectivity index (χ2n) is 17.4. The Morgan fingerprint density at radius 2 is 0.855 bits per heavy atom. The van der Waals surface area contributed by atoms with Crippen LogP contribution >= 0.6 is 37.9 Å². The van der Waals surface area contributed by atoms with E-state index in [1.54, 1.807) is 0 Å². The number of carboxylic acid groups (broad SMARTS) is 3. The summed E-state index contributed by atoms with van der Waals surface area (Å²) in [5.41, 5.74) is 27.1. The van der Waals surface area contributed by atoms with E-state index in [-0.39, 0.29) is 119 Å². The van der Waals surface area contributed by atoms with Crippen LogP contribution in [0.25, 0.3) is 0 Å². The maximum absolute atomic E-state index is 12.4. The summed E-state index contributed by atoms with van der Waals surface area (Å²) in [6, 6.07) is -2.52. The zero-order chi connectivity index (χ0) is 58.4. The molecule has 0 saturated carbocycles. The SMILES string of the molecule is CCCCCC(NC(=O)C(CCS)CC(=O)CCC(N)OC=O)C(=O)O.NCCCC(NC(=O)C(CS)CC(=O)CCC(N)OC=O)C(=O)O.NCCCCC(CC(=O)O)NC(=O)C(CS)CC(=O)CCC(N)OC=O. The van der Waals surface area contributed by atoms with E-state index in [1.807, 2.05) is 6.92 Å². The number of Topliss-reactive ketones (excluding diaryl/α,β-unsaturated/α-hetero) is 3. The van der Waals surface area contributed by atoms with E-state index in [9.17, 15) is 62.6 Å². The summed E-state index contributed by atoms with van der Waals surface area (Å²) in [5, 5.41) is 34.9. The van der Waals surface area contributed by atoms with Crippen LogP contribution in [0, 0.1) is 17.8 Å². The zero-order valence-electron chi connectivity index (χ0n) is 43.3. The van der Waals surface area contributed by atoms with Gasteiger partial charge < -0.3 is 56.9 Å². The molecule has 16 N–H and O–H groups in total. The fourth-order valence-electron chi connectivity index (χ4n) is 6.73. The normalized spacial score (nSPS) is 14.2. The largest absolute Gasteiger partial charge is 0.481 e. The van der Waals surface area contributed by atoms with Gasteiger partial charge in [-0.1, -0.05) is 32.6 Å². The maximum atomic E-state index is 12.4. The molecule has 0 aliphatic heterocycles. The van der Waals surface area contributed by atoms with Crippen LogP contribution in [0.1, 0.15) is 135 Å². The number of aliphatic carboxylic acids is 3. The van der Waals surface area contributed by atoms with Crippen molar-refractivity contribution in [3.63, 3.8) is 0 Å². The highest BCUT2D eigenvalue weighted by Gasteiger charge is 2.29. The van der Waals surface area contributed by atoms with Crippen LogP contribution < -0.4 is 44.6 Å². The number of ketones is 3. The molecule has 0 rings (SSSR count). The van der Waals surface area contributed by atoms with Gasteiger partial charge in [0.25, 0.3) is 19.4 Å². The number of carbonyl (C=O) groups is 12. The Morgan fingerprint density at radius 3 is 1.20 bits per heavy atom. The molecule has 0 aliphatic carbocycles. The fourth-order valence-corrected chi connectivity index (χ4v) is 7.63. The third-order valence-corrected chi connectivity index (χ3v) is 12.2. The van der Waals surface area contributed by atoms with Crippen molar-refractivity contribution >= 4 is 110 Å². The van der Waals surface area contributed by atoms with E-state index in [0.29, 0.717) is 57.4 Å². The van der Waals surface area contributed by atoms with Crippen molar-refractivity contribution in [2.24, 2.45) is 46.4 Å². The highest BCUT2D eigenvalue weighted by Crippen LogP contribution is 2.17. The number of unbranched alkanes of at least 4 members (excludes halogenated alkanes) is 3. The van der Waals surface area contributed by atoms with Crippen LogP contribution in [0.15, 0.2) is 0 Å². The standard InChI is InChI=1S/C17H30N2O6S.C16H29N3O6S.C14H25N3O6S/c1-2-3-4-5-14(17(23)24)19-16(22)12(8-9-26)10-13(21)6-7-15(18)25-11-20;17-6-2-1-3-12(8-15(22)23)19-16(24)11(9-26)7-13(21)4-5-14(18)25-10-20;15-5-1-2-11(14(21)22)17-13(20)9(7-24)6-10(19)3-4-12(16)23-8-18/h11-12,14-15,26H,2-10,18H2,1H3,(H,19,22)(H,23,24);10-12,14,26H,1-9,17-18H2,(H,19,24)(H,22,23);8-9,11-12,24H,1-7,15-16H2,(H,17,20)(H,21,22). The van der Waals surface area contributed by atoms with Crippen molar-refractivity contribution in [1.82, 2.24) is 16.0 Å². The lowest BCUT2D eigenvalue weighted by atomic mass is 9.95. The molecule has 0 radical (unpaired) electrons. The van der Waals surface area contributed by atoms with Crippen LogP contribution in [0.3, 0.4) is 0 Å². The Hall–Kier alpha value is -4.91. The third-order valence-electron chi connectivity index (χ3n) is 11.1. The predicted octanol–water partition coefficient (Wildman–Crippen LogP) is 0.125. The topological polar surface area (TPSA) is 459 Å². The van der Waals surface area contributed by atoms with Gasteiger partial charge in [0.15, 0.2) is 18.7 Å². The van der Waals surface area contributed by atoms with Gasteiger partial charge in [-0.15, -0.1) is 0 Å². The van der Waals surface area contributed by atoms with Gasteiger partial charge in [-0.3, -0.25) is 65.1 Å². The number of nitrogens with one attached hydrogen (secondary N) is 3. The molecule has 0 bridgehead atoms. The zero-order valence-corrected chi connectivity index (χ0v) is 46.0. The molecule has 438 valence electrons. The molecular formula is C47H84N8O18S3. The van der Waals surface area contributed by atoms with E-state index >= 15 is 0 Å². The maximum Gasteiger partial charge on any atom is 0.326 e. The molecule has 9 unspecified atom stereocenters. The molecule has 0 aromatic heterocycles. The van der Waals surface area contributed by atoms with Crippen molar-refractivity contribution in [3.8, 4) is 0 Å². The second-order valence-corrected chi connectivity index (χ2v) is 18.6. The molecule has 3 amide bonds. The number of amides is 3. The minimum Gasteiger partial charge on any atom is -0.481 e. The number of ether oxygens (including phenoxy) is 3.